The van der Waals surface area contributed by atoms with Crippen molar-refractivity contribution in [3.63, 3.8) is 0 Å². The van der Waals surface area contributed by atoms with Crippen LogP contribution in [0.1, 0.15) is 12.8 Å². The zero-order chi connectivity index (χ0) is 13.2. The molecule has 1 saturated carbocycles. The molecule has 2 aromatic rings. The highest BCUT2D eigenvalue weighted by molar-refractivity contribution is 6.32. The number of hydrogen-bond donors (Lipinski definition) is 1. The summed E-state index contributed by atoms with van der Waals surface area (Å²) in [6, 6.07) is 8.16. The molecule has 0 unspecified atom stereocenters. The second kappa shape index (κ2) is 5.05. The summed E-state index contributed by atoms with van der Waals surface area (Å²) < 4.78 is 5.13. The van der Waals surface area contributed by atoms with E-state index in [9.17, 15) is 0 Å². The number of nitrogens with zero attached hydrogens (tertiary/aromatic N) is 2. The van der Waals surface area contributed by atoms with Crippen LogP contribution in [0.15, 0.2) is 30.5 Å². The maximum Gasteiger partial charge on any atom is 0.161 e. The molecule has 0 radical (unpaired) electrons. The fourth-order valence-electron chi connectivity index (χ4n) is 1.77. The molecule has 3 rings (SSSR count). The maximum atomic E-state index is 6.10. The van der Waals surface area contributed by atoms with Gasteiger partial charge in [0.05, 0.1) is 13.3 Å². The van der Waals surface area contributed by atoms with Crippen LogP contribution in [0, 0.1) is 0 Å². The summed E-state index contributed by atoms with van der Waals surface area (Å²) in [6.07, 6.45) is 4.00. The molecule has 98 valence electrons. The summed E-state index contributed by atoms with van der Waals surface area (Å²) in [7, 11) is 1.64. The van der Waals surface area contributed by atoms with E-state index in [4.69, 9.17) is 16.3 Å². The molecule has 5 heteroatoms. The van der Waals surface area contributed by atoms with Crippen molar-refractivity contribution < 1.29 is 4.74 Å². The molecule has 1 aromatic heterocycles. The van der Waals surface area contributed by atoms with Crippen molar-refractivity contribution in [1.82, 2.24) is 9.97 Å². The Hall–Kier alpha value is -1.81. The Balaban J connectivity index is 1.90. The third-order valence-corrected chi connectivity index (χ3v) is 3.29. The largest absolute Gasteiger partial charge is 0.497 e. The van der Waals surface area contributed by atoms with Crippen molar-refractivity contribution in [2.45, 2.75) is 18.9 Å². The Bertz CT molecular complexity index is 582. The van der Waals surface area contributed by atoms with Crippen LogP contribution in [-0.2, 0) is 0 Å². The van der Waals surface area contributed by atoms with Crippen LogP contribution in [0.3, 0.4) is 0 Å². The van der Waals surface area contributed by atoms with Gasteiger partial charge >= 0.3 is 0 Å². The fraction of sp³-hybridized carbons (Fsp3) is 0.286. The predicted octanol–water partition coefficient (Wildman–Crippen LogP) is 3.38. The van der Waals surface area contributed by atoms with E-state index in [-0.39, 0.29) is 0 Å². The van der Waals surface area contributed by atoms with Gasteiger partial charge in [0.15, 0.2) is 5.82 Å². The molecule has 1 heterocycles. The van der Waals surface area contributed by atoms with Gasteiger partial charge in [-0.3, -0.25) is 0 Å². The van der Waals surface area contributed by atoms with Gasteiger partial charge in [0, 0.05) is 11.6 Å². The van der Waals surface area contributed by atoms with E-state index < -0.39 is 0 Å². The van der Waals surface area contributed by atoms with E-state index in [1.54, 1.807) is 13.3 Å². The maximum absolute atomic E-state index is 6.10. The monoisotopic (exact) mass is 275 g/mol. The molecule has 4 nitrogen and oxygen atoms in total. The summed E-state index contributed by atoms with van der Waals surface area (Å²) in [4.78, 5) is 8.75. The second-order valence-electron chi connectivity index (χ2n) is 4.54. The molecule has 0 amide bonds. The molecule has 0 atom stereocenters. The Labute approximate surface area is 116 Å². The van der Waals surface area contributed by atoms with Crippen LogP contribution >= 0.6 is 11.6 Å². The topological polar surface area (TPSA) is 47.0 Å². The van der Waals surface area contributed by atoms with Crippen molar-refractivity contribution in [3.05, 3.63) is 35.5 Å². The zero-order valence-corrected chi connectivity index (χ0v) is 11.3. The van der Waals surface area contributed by atoms with Crippen LogP contribution in [0.5, 0.6) is 5.75 Å². The van der Waals surface area contributed by atoms with Gasteiger partial charge in [0.25, 0.3) is 0 Å². The second-order valence-corrected chi connectivity index (χ2v) is 4.94. The normalized spacial score (nSPS) is 14.2. The van der Waals surface area contributed by atoms with E-state index in [1.807, 2.05) is 24.3 Å². The minimum Gasteiger partial charge on any atom is -0.497 e. The Morgan fingerprint density at radius 1 is 1.26 bits per heavy atom. The summed E-state index contributed by atoms with van der Waals surface area (Å²) in [5, 5.41) is 3.87. The number of methoxy groups -OCH3 is 1. The van der Waals surface area contributed by atoms with Gasteiger partial charge in [0.1, 0.15) is 16.6 Å². The molecule has 1 aromatic carbocycles. The van der Waals surface area contributed by atoms with Gasteiger partial charge in [-0.15, -0.1) is 0 Å². The number of anilines is 1. The SMILES string of the molecule is COc1ccc(-c2ncc(Cl)c(NC3CC3)n2)cc1. The summed E-state index contributed by atoms with van der Waals surface area (Å²) in [5.41, 5.74) is 0.941. The first-order valence-corrected chi connectivity index (χ1v) is 6.57. The van der Waals surface area contributed by atoms with E-state index in [0.29, 0.717) is 22.7 Å². The number of rotatable bonds is 4. The molecule has 0 saturated heterocycles. The molecule has 0 bridgehead atoms. The lowest BCUT2D eigenvalue weighted by Crippen LogP contribution is -2.05. The average Bonchev–Trinajstić information content (AvgIpc) is 3.25. The Kier molecular flexibility index (Phi) is 3.25. The minimum absolute atomic E-state index is 0.510. The van der Waals surface area contributed by atoms with E-state index in [2.05, 4.69) is 15.3 Å². The lowest BCUT2D eigenvalue weighted by Gasteiger charge is -2.08. The van der Waals surface area contributed by atoms with Crippen molar-refractivity contribution in [2.75, 3.05) is 12.4 Å². The van der Waals surface area contributed by atoms with Crippen molar-refractivity contribution in [3.8, 4) is 17.1 Å². The summed E-state index contributed by atoms with van der Waals surface area (Å²) in [6.45, 7) is 0. The van der Waals surface area contributed by atoms with Crippen molar-refractivity contribution >= 4 is 17.4 Å². The van der Waals surface area contributed by atoms with E-state index in [0.717, 1.165) is 11.3 Å². The molecule has 1 N–H and O–H groups in total. The van der Waals surface area contributed by atoms with Gasteiger partial charge in [-0.25, -0.2) is 9.97 Å². The lowest BCUT2D eigenvalue weighted by atomic mass is 10.2. The molecule has 0 spiro atoms. The first-order chi connectivity index (χ1) is 9.26. The third-order valence-electron chi connectivity index (χ3n) is 3.01. The number of aromatic nitrogens is 2. The van der Waals surface area contributed by atoms with Gasteiger partial charge in [-0.05, 0) is 37.1 Å². The lowest BCUT2D eigenvalue weighted by molar-refractivity contribution is 0.415. The Morgan fingerprint density at radius 2 is 2.00 bits per heavy atom. The van der Waals surface area contributed by atoms with Crippen LogP contribution in [0.4, 0.5) is 5.82 Å². The van der Waals surface area contributed by atoms with Crippen LogP contribution in [-0.4, -0.2) is 23.1 Å². The van der Waals surface area contributed by atoms with Gasteiger partial charge in [0.2, 0.25) is 0 Å². The highest BCUT2D eigenvalue weighted by atomic mass is 35.5. The molecule has 0 aliphatic heterocycles. The van der Waals surface area contributed by atoms with Gasteiger partial charge in [-0.1, -0.05) is 11.6 Å². The molecule has 1 aliphatic carbocycles. The van der Waals surface area contributed by atoms with E-state index in [1.165, 1.54) is 12.8 Å². The number of ether oxygens (including phenoxy) is 1. The van der Waals surface area contributed by atoms with Crippen molar-refractivity contribution in [1.29, 1.82) is 0 Å². The number of nitrogens with one attached hydrogen (secondary N) is 1. The first kappa shape index (κ1) is 12.2. The average molecular weight is 276 g/mol. The molecule has 19 heavy (non-hydrogen) atoms. The summed E-state index contributed by atoms with van der Waals surface area (Å²) >= 11 is 6.10. The van der Waals surface area contributed by atoms with Crippen molar-refractivity contribution in [2.24, 2.45) is 0 Å². The molecule has 1 fully saturated rings. The molecular formula is C14H14ClN3O. The minimum atomic E-state index is 0.510. The van der Waals surface area contributed by atoms with Crippen LogP contribution in [0.25, 0.3) is 11.4 Å². The van der Waals surface area contributed by atoms with E-state index >= 15 is 0 Å². The van der Waals surface area contributed by atoms with Crippen LogP contribution in [0.2, 0.25) is 5.02 Å². The number of hydrogen-bond acceptors (Lipinski definition) is 4. The van der Waals surface area contributed by atoms with Gasteiger partial charge < -0.3 is 10.1 Å². The Morgan fingerprint density at radius 3 is 2.63 bits per heavy atom. The first-order valence-electron chi connectivity index (χ1n) is 6.20. The van der Waals surface area contributed by atoms with Gasteiger partial charge in [-0.2, -0.15) is 0 Å². The van der Waals surface area contributed by atoms with Crippen LogP contribution < -0.4 is 10.1 Å². The standard InChI is InChI=1S/C14H14ClN3O/c1-19-11-6-2-9(3-7-11)13-16-8-12(15)14(18-13)17-10-4-5-10/h2-3,6-8,10H,4-5H2,1H3,(H,16,17,18). The highest BCUT2D eigenvalue weighted by Crippen LogP contribution is 2.29. The highest BCUT2D eigenvalue weighted by Gasteiger charge is 2.22. The quantitative estimate of drug-likeness (QED) is 0.929. The third kappa shape index (κ3) is 2.79. The number of benzene rings is 1. The smallest absolute Gasteiger partial charge is 0.161 e. The fourth-order valence-corrected chi connectivity index (χ4v) is 1.91. The predicted molar refractivity (Wildman–Crippen MR) is 75.7 cm³/mol. The number of halogens is 1. The molecular weight excluding hydrogens is 262 g/mol. The zero-order valence-electron chi connectivity index (χ0n) is 10.6. The molecule has 1 aliphatic rings. The summed E-state index contributed by atoms with van der Waals surface area (Å²) in [5.74, 6) is 2.19.